The molecule has 0 saturated carbocycles. The molecule has 39 heavy (non-hydrogen) atoms. The molecule has 0 unspecified atom stereocenters. The second kappa shape index (κ2) is 12.6. The van der Waals surface area contributed by atoms with Gasteiger partial charge in [-0.2, -0.15) is 0 Å². The molecule has 3 aliphatic rings. The van der Waals surface area contributed by atoms with E-state index in [1.807, 2.05) is 58.5 Å². The van der Waals surface area contributed by atoms with Crippen molar-refractivity contribution in [3.8, 4) is 0 Å². The number of esters is 1. The van der Waals surface area contributed by atoms with Crippen LogP contribution in [0.15, 0.2) is 88.0 Å². The largest absolute Gasteiger partial charge is 0.460 e. The number of hydrogen-bond acceptors (Lipinski definition) is 8. The van der Waals surface area contributed by atoms with E-state index in [-0.39, 0.29) is 18.9 Å². The van der Waals surface area contributed by atoms with E-state index < -0.39 is 12.0 Å². The van der Waals surface area contributed by atoms with E-state index in [0.717, 1.165) is 36.1 Å². The number of benzene rings is 2. The number of carbonyl (C=O) groups excluding carboxylic acids is 2. The molecule has 3 aliphatic heterocycles. The van der Waals surface area contributed by atoms with Crippen LogP contribution in [0.3, 0.4) is 0 Å². The second-order valence-corrected chi connectivity index (χ2v) is 10.6. The molecule has 1 saturated heterocycles. The lowest BCUT2D eigenvalue weighted by Crippen LogP contribution is -2.48. The fraction of sp³-hybridized carbons (Fsp3) is 0.367. The molecule has 9 heteroatoms. The van der Waals surface area contributed by atoms with E-state index in [1.165, 1.54) is 17.3 Å². The van der Waals surface area contributed by atoms with Gasteiger partial charge in [0.15, 0.2) is 5.17 Å². The van der Waals surface area contributed by atoms with Crippen LogP contribution in [0.2, 0.25) is 0 Å². The van der Waals surface area contributed by atoms with Crippen LogP contribution in [0.4, 0.5) is 0 Å². The maximum absolute atomic E-state index is 13.5. The molecular formula is C30H34N4O4S. The molecular weight excluding hydrogens is 512 g/mol. The Morgan fingerprint density at radius 3 is 2.36 bits per heavy atom. The van der Waals surface area contributed by atoms with Gasteiger partial charge >= 0.3 is 5.97 Å². The first-order valence-electron chi connectivity index (χ1n) is 13.2. The van der Waals surface area contributed by atoms with Crippen molar-refractivity contribution >= 4 is 28.8 Å². The first-order chi connectivity index (χ1) is 19.0. The maximum atomic E-state index is 13.5. The molecule has 3 heterocycles. The van der Waals surface area contributed by atoms with Crippen molar-refractivity contribution in [2.75, 3.05) is 46.5 Å². The van der Waals surface area contributed by atoms with Crippen LogP contribution >= 0.6 is 11.8 Å². The standard InChI is InChI=1S/C30H34N4O4S/c1-22-27(29(36)38-18-17-37-2)28(24-11-7-4-8-12-24)34-25(21-39-30(34)31-22)19-26(35)33-15-13-32(14-16-33)20-23-9-5-3-6-10-23/h3-12,21,28H,13-20H2,1-2H3/t28-/m0/s1. The highest BCUT2D eigenvalue weighted by Gasteiger charge is 2.41. The van der Waals surface area contributed by atoms with Gasteiger partial charge in [-0.1, -0.05) is 72.4 Å². The van der Waals surface area contributed by atoms with Crippen LogP contribution in [-0.2, 0) is 25.6 Å². The topological polar surface area (TPSA) is 74.7 Å². The fourth-order valence-electron chi connectivity index (χ4n) is 5.14. The summed E-state index contributed by atoms with van der Waals surface area (Å²) in [7, 11) is 1.57. The first-order valence-corrected chi connectivity index (χ1v) is 14.1. The zero-order valence-corrected chi connectivity index (χ0v) is 23.2. The van der Waals surface area contributed by atoms with Crippen LogP contribution < -0.4 is 0 Å². The van der Waals surface area contributed by atoms with Crippen LogP contribution in [0.1, 0.15) is 30.5 Å². The van der Waals surface area contributed by atoms with Gasteiger partial charge in [0.25, 0.3) is 0 Å². The smallest absolute Gasteiger partial charge is 0.338 e. The van der Waals surface area contributed by atoms with Gasteiger partial charge in [0.1, 0.15) is 6.61 Å². The number of hydrogen-bond donors (Lipinski definition) is 0. The second-order valence-electron chi connectivity index (χ2n) is 9.75. The Balaban J connectivity index is 1.29. The molecule has 0 radical (unpaired) electrons. The van der Waals surface area contributed by atoms with E-state index in [0.29, 0.717) is 31.0 Å². The van der Waals surface area contributed by atoms with Crippen LogP contribution in [0.5, 0.6) is 0 Å². The number of rotatable bonds is 9. The van der Waals surface area contributed by atoms with Crippen molar-refractivity contribution in [1.29, 1.82) is 0 Å². The minimum absolute atomic E-state index is 0.0877. The van der Waals surface area contributed by atoms with Gasteiger partial charge < -0.3 is 19.3 Å². The number of amidine groups is 1. The molecule has 2 aromatic carbocycles. The lowest BCUT2D eigenvalue weighted by molar-refractivity contribution is -0.141. The third-order valence-electron chi connectivity index (χ3n) is 7.16. The zero-order valence-electron chi connectivity index (χ0n) is 22.4. The average molecular weight is 547 g/mol. The number of thioether (sulfide) groups is 1. The van der Waals surface area contributed by atoms with E-state index >= 15 is 0 Å². The molecule has 2 aromatic rings. The van der Waals surface area contributed by atoms with Crippen molar-refractivity contribution in [2.24, 2.45) is 4.99 Å². The van der Waals surface area contributed by atoms with Gasteiger partial charge in [0.2, 0.25) is 5.91 Å². The molecule has 0 aliphatic carbocycles. The Labute approximate surface area is 234 Å². The molecule has 1 atom stereocenters. The molecule has 5 rings (SSSR count). The van der Waals surface area contributed by atoms with Crippen molar-refractivity contribution in [3.63, 3.8) is 0 Å². The lowest BCUT2D eigenvalue weighted by Gasteiger charge is -2.38. The van der Waals surface area contributed by atoms with Crippen LogP contribution in [0, 0.1) is 0 Å². The predicted octanol–water partition coefficient (Wildman–Crippen LogP) is 4.19. The van der Waals surface area contributed by atoms with Crippen LogP contribution in [-0.4, -0.2) is 78.2 Å². The summed E-state index contributed by atoms with van der Waals surface area (Å²) in [5, 5.41) is 2.76. The summed E-state index contributed by atoms with van der Waals surface area (Å²) in [6.07, 6.45) is 0.249. The third-order valence-corrected chi connectivity index (χ3v) is 8.05. The van der Waals surface area contributed by atoms with Crippen molar-refractivity contribution in [1.82, 2.24) is 14.7 Å². The predicted molar refractivity (Wildman–Crippen MR) is 153 cm³/mol. The number of fused-ring (bicyclic) bond motifs is 1. The molecule has 0 bridgehead atoms. The Morgan fingerprint density at radius 2 is 1.67 bits per heavy atom. The number of ether oxygens (including phenoxy) is 2. The van der Waals surface area contributed by atoms with E-state index in [9.17, 15) is 9.59 Å². The average Bonchev–Trinajstić information content (AvgIpc) is 3.35. The van der Waals surface area contributed by atoms with E-state index in [2.05, 4.69) is 29.2 Å². The number of piperazine rings is 1. The summed E-state index contributed by atoms with van der Waals surface area (Å²) in [5.41, 5.74) is 4.18. The SMILES string of the molecule is COCCOC(=O)C1=C(C)N=C2SC=C(CC(=O)N3CCN(Cc4ccccc4)CC3)N2[C@H]1c1ccccc1. The molecule has 8 nitrogen and oxygen atoms in total. The molecule has 0 N–H and O–H groups in total. The Bertz CT molecular complexity index is 1270. The minimum Gasteiger partial charge on any atom is -0.460 e. The molecule has 0 aromatic heterocycles. The first kappa shape index (κ1) is 27.2. The third kappa shape index (κ3) is 6.27. The van der Waals surface area contributed by atoms with Gasteiger partial charge in [0.05, 0.1) is 30.3 Å². The van der Waals surface area contributed by atoms with Gasteiger partial charge in [-0.25, -0.2) is 9.79 Å². The lowest BCUT2D eigenvalue weighted by atomic mass is 9.94. The van der Waals surface area contributed by atoms with Gasteiger partial charge in [-0.3, -0.25) is 9.69 Å². The normalized spacial score (nSPS) is 19.5. The molecule has 1 fully saturated rings. The number of aliphatic imine (C=N–C) groups is 1. The number of amides is 1. The van der Waals surface area contributed by atoms with Crippen molar-refractivity contribution in [2.45, 2.75) is 25.9 Å². The summed E-state index contributed by atoms with van der Waals surface area (Å²) < 4.78 is 10.6. The highest BCUT2D eigenvalue weighted by Crippen LogP contribution is 2.44. The monoisotopic (exact) mass is 546 g/mol. The highest BCUT2D eigenvalue weighted by atomic mass is 32.2. The van der Waals surface area contributed by atoms with Gasteiger partial charge in [0, 0.05) is 45.5 Å². The fourth-order valence-corrected chi connectivity index (χ4v) is 6.10. The van der Waals surface area contributed by atoms with Gasteiger partial charge in [-0.15, -0.1) is 0 Å². The summed E-state index contributed by atoms with van der Waals surface area (Å²) in [4.78, 5) is 37.8. The molecule has 0 spiro atoms. The Morgan fingerprint density at radius 1 is 0.974 bits per heavy atom. The molecule has 1 amide bonds. The van der Waals surface area contributed by atoms with Crippen molar-refractivity contribution < 1.29 is 19.1 Å². The summed E-state index contributed by atoms with van der Waals surface area (Å²) in [6.45, 7) is 6.30. The summed E-state index contributed by atoms with van der Waals surface area (Å²) >= 11 is 1.49. The highest BCUT2D eigenvalue weighted by molar-refractivity contribution is 8.16. The van der Waals surface area contributed by atoms with E-state index in [1.54, 1.807) is 7.11 Å². The summed E-state index contributed by atoms with van der Waals surface area (Å²) in [5.74, 6) is -0.330. The quantitative estimate of drug-likeness (QED) is 0.345. The Hall–Kier alpha value is -3.40. The zero-order chi connectivity index (χ0) is 27.2. The van der Waals surface area contributed by atoms with Crippen molar-refractivity contribution in [3.05, 3.63) is 94.2 Å². The minimum atomic E-state index is -0.425. The number of methoxy groups -OCH3 is 1. The maximum Gasteiger partial charge on any atom is 0.338 e. The number of nitrogens with zero attached hydrogens (tertiary/aromatic N) is 4. The Kier molecular flexibility index (Phi) is 8.81. The van der Waals surface area contributed by atoms with E-state index in [4.69, 9.17) is 14.5 Å². The van der Waals surface area contributed by atoms with Gasteiger partial charge in [-0.05, 0) is 23.5 Å². The number of allylic oxidation sites excluding steroid dienone is 1. The summed E-state index contributed by atoms with van der Waals surface area (Å²) in [6, 6.07) is 19.9. The number of carbonyl (C=O) groups is 2. The molecule has 204 valence electrons. The van der Waals surface area contributed by atoms with Crippen LogP contribution in [0.25, 0.3) is 0 Å².